The minimum Gasteiger partial charge on any atom is -0.494 e. The van der Waals surface area contributed by atoms with Gasteiger partial charge in [-0.15, -0.1) is 0 Å². The average Bonchev–Trinajstić information content (AvgIpc) is 3.13. The molecule has 0 unspecified atom stereocenters. The lowest BCUT2D eigenvalue weighted by Crippen LogP contribution is -2.37. The Labute approximate surface area is 187 Å². The zero-order chi connectivity index (χ0) is 22.5. The Hall–Kier alpha value is -3.80. The molecule has 1 heterocycles. The van der Waals surface area contributed by atoms with E-state index in [-0.39, 0.29) is 11.8 Å². The smallest absolute Gasteiger partial charge is 0.255 e. The van der Waals surface area contributed by atoms with Crippen molar-refractivity contribution in [2.24, 2.45) is 0 Å². The number of rotatable bonds is 8. The van der Waals surface area contributed by atoms with Crippen molar-refractivity contribution in [3.63, 3.8) is 0 Å². The normalized spacial score (nSPS) is 13.4. The highest BCUT2D eigenvalue weighted by Crippen LogP contribution is 2.34. The van der Waals surface area contributed by atoms with Crippen LogP contribution in [0.4, 0.5) is 5.69 Å². The van der Waals surface area contributed by atoms with Crippen molar-refractivity contribution < 1.29 is 19.1 Å². The maximum atomic E-state index is 13.6. The first kappa shape index (κ1) is 21.4. The summed E-state index contributed by atoms with van der Waals surface area (Å²) < 4.78 is 11.3. The molecule has 1 atom stereocenters. The fraction of sp³-hybridized carbons (Fsp3) is 0.231. The summed E-state index contributed by atoms with van der Waals surface area (Å²) in [5.41, 5.74) is 2.80. The van der Waals surface area contributed by atoms with Crippen molar-refractivity contribution in [3.05, 3.63) is 89.5 Å². The van der Waals surface area contributed by atoms with E-state index >= 15 is 0 Å². The summed E-state index contributed by atoms with van der Waals surface area (Å²) in [4.78, 5) is 28.4. The molecule has 3 aromatic rings. The molecule has 3 aromatic carbocycles. The number of carbonyl (C=O) groups excluding carboxylic acids is 2. The molecule has 0 aromatic heterocycles. The minimum absolute atomic E-state index is 0.155. The van der Waals surface area contributed by atoms with Crippen LogP contribution in [-0.4, -0.2) is 29.9 Å². The van der Waals surface area contributed by atoms with Crippen LogP contribution in [0.5, 0.6) is 11.5 Å². The summed E-state index contributed by atoms with van der Waals surface area (Å²) in [5, 5.41) is 2.98. The number of benzene rings is 3. The quantitative estimate of drug-likeness (QED) is 0.556. The highest BCUT2D eigenvalue weighted by Gasteiger charge is 2.37. The fourth-order valence-electron chi connectivity index (χ4n) is 3.94. The Morgan fingerprint density at radius 3 is 2.41 bits per heavy atom. The van der Waals surface area contributed by atoms with Gasteiger partial charge in [0.15, 0.2) is 0 Å². The van der Waals surface area contributed by atoms with Gasteiger partial charge < -0.3 is 19.7 Å². The molecule has 4 rings (SSSR count). The second-order valence-corrected chi connectivity index (χ2v) is 7.42. The van der Waals surface area contributed by atoms with Crippen molar-refractivity contribution in [1.82, 2.24) is 4.90 Å². The molecule has 6 nitrogen and oxygen atoms in total. The van der Waals surface area contributed by atoms with E-state index in [4.69, 9.17) is 9.47 Å². The molecular weight excluding hydrogens is 404 g/mol. The SMILES string of the molecule is CCOc1ccc(OCC)c(NC(=O)[C@H](c2ccccc2)N2Cc3ccccc3C2=O)c1. The highest BCUT2D eigenvalue weighted by atomic mass is 16.5. The second-order valence-electron chi connectivity index (χ2n) is 7.42. The van der Waals surface area contributed by atoms with Crippen LogP contribution in [0.1, 0.15) is 41.4 Å². The Balaban J connectivity index is 1.68. The summed E-state index contributed by atoms with van der Waals surface area (Å²) >= 11 is 0. The lowest BCUT2D eigenvalue weighted by Gasteiger charge is -2.27. The third-order valence-electron chi connectivity index (χ3n) is 5.34. The molecule has 0 radical (unpaired) electrons. The summed E-state index contributed by atoms with van der Waals surface area (Å²) in [6.45, 7) is 5.12. The molecule has 6 heteroatoms. The number of fused-ring (bicyclic) bond motifs is 1. The van der Waals surface area contributed by atoms with Crippen LogP contribution in [0.15, 0.2) is 72.8 Å². The first-order valence-electron chi connectivity index (χ1n) is 10.8. The Kier molecular flexibility index (Phi) is 6.40. The van der Waals surface area contributed by atoms with Gasteiger partial charge in [-0.1, -0.05) is 48.5 Å². The molecule has 0 saturated carbocycles. The van der Waals surface area contributed by atoms with Crippen molar-refractivity contribution in [2.75, 3.05) is 18.5 Å². The Bertz CT molecular complexity index is 1110. The van der Waals surface area contributed by atoms with E-state index in [0.29, 0.717) is 42.5 Å². The maximum Gasteiger partial charge on any atom is 0.255 e. The Morgan fingerprint density at radius 2 is 1.69 bits per heavy atom. The molecule has 2 amide bonds. The maximum absolute atomic E-state index is 13.6. The van der Waals surface area contributed by atoms with Gasteiger partial charge in [-0.2, -0.15) is 0 Å². The molecular formula is C26H26N2O4. The minimum atomic E-state index is -0.790. The van der Waals surface area contributed by atoms with Crippen LogP contribution in [0.25, 0.3) is 0 Å². The van der Waals surface area contributed by atoms with Crippen LogP contribution >= 0.6 is 0 Å². The van der Waals surface area contributed by atoms with E-state index in [9.17, 15) is 9.59 Å². The molecule has 0 spiro atoms. The van der Waals surface area contributed by atoms with Gasteiger partial charge in [0.05, 0.1) is 18.9 Å². The molecule has 0 bridgehead atoms. The van der Waals surface area contributed by atoms with Crippen LogP contribution in [0.3, 0.4) is 0 Å². The number of nitrogens with one attached hydrogen (secondary N) is 1. The van der Waals surface area contributed by atoms with E-state index in [1.165, 1.54) is 0 Å². The summed E-state index contributed by atoms with van der Waals surface area (Å²) in [7, 11) is 0. The third kappa shape index (κ3) is 4.30. The summed E-state index contributed by atoms with van der Waals surface area (Å²) in [5.74, 6) is 0.712. The van der Waals surface area contributed by atoms with Gasteiger partial charge in [0.25, 0.3) is 11.8 Å². The summed E-state index contributed by atoms with van der Waals surface area (Å²) in [6.07, 6.45) is 0. The topological polar surface area (TPSA) is 67.9 Å². The highest BCUT2D eigenvalue weighted by molar-refractivity contribution is 6.04. The number of hydrogen-bond donors (Lipinski definition) is 1. The number of nitrogens with zero attached hydrogens (tertiary/aromatic N) is 1. The second kappa shape index (κ2) is 9.56. The lowest BCUT2D eigenvalue weighted by atomic mass is 10.0. The van der Waals surface area contributed by atoms with Crippen LogP contribution in [-0.2, 0) is 11.3 Å². The first-order valence-corrected chi connectivity index (χ1v) is 10.8. The molecule has 0 aliphatic carbocycles. The van der Waals surface area contributed by atoms with Crippen molar-refractivity contribution >= 4 is 17.5 Å². The van der Waals surface area contributed by atoms with E-state index < -0.39 is 6.04 Å². The predicted molar refractivity (Wildman–Crippen MR) is 123 cm³/mol. The first-order chi connectivity index (χ1) is 15.6. The van der Waals surface area contributed by atoms with Gasteiger partial charge in [0.2, 0.25) is 0 Å². The number of amides is 2. The predicted octanol–water partition coefficient (Wildman–Crippen LogP) is 4.82. The average molecular weight is 431 g/mol. The summed E-state index contributed by atoms with van der Waals surface area (Å²) in [6, 6.07) is 21.3. The zero-order valence-corrected chi connectivity index (χ0v) is 18.2. The van der Waals surface area contributed by atoms with Crippen LogP contribution in [0.2, 0.25) is 0 Å². The number of carbonyl (C=O) groups is 2. The molecule has 0 saturated heterocycles. The van der Waals surface area contributed by atoms with Gasteiger partial charge in [0, 0.05) is 18.2 Å². The van der Waals surface area contributed by atoms with E-state index in [1.54, 1.807) is 29.2 Å². The van der Waals surface area contributed by atoms with Gasteiger partial charge in [-0.3, -0.25) is 9.59 Å². The molecule has 0 fully saturated rings. The molecule has 1 aliphatic rings. The van der Waals surface area contributed by atoms with Gasteiger partial charge >= 0.3 is 0 Å². The Morgan fingerprint density at radius 1 is 0.969 bits per heavy atom. The van der Waals surface area contributed by atoms with Crippen molar-refractivity contribution in [3.8, 4) is 11.5 Å². The van der Waals surface area contributed by atoms with E-state index in [0.717, 1.165) is 11.1 Å². The van der Waals surface area contributed by atoms with Gasteiger partial charge in [-0.25, -0.2) is 0 Å². The number of anilines is 1. The van der Waals surface area contributed by atoms with Crippen molar-refractivity contribution in [1.29, 1.82) is 0 Å². The monoisotopic (exact) mass is 430 g/mol. The van der Waals surface area contributed by atoms with Gasteiger partial charge in [-0.05, 0) is 43.2 Å². The fourth-order valence-corrected chi connectivity index (χ4v) is 3.94. The van der Waals surface area contributed by atoms with Gasteiger partial charge in [0.1, 0.15) is 17.5 Å². The molecule has 1 aliphatic heterocycles. The third-order valence-corrected chi connectivity index (χ3v) is 5.34. The van der Waals surface area contributed by atoms with E-state index in [1.807, 2.05) is 62.4 Å². The van der Waals surface area contributed by atoms with Crippen LogP contribution < -0.4 is 14.8 Å². The molecule has 32 heavy (non-hydrogen) atoms. The standard InChI is InChI=1S/C26H26N2O4/c1-3-31-20-14-15-23(32-4-2)22(16-20)27-25(29)24(18-10-6-5-7-11-18)28-17-19-12-8-9-13-21(19)26(28)30/h5-16,24H,3-4,17H2,1-2H3,(H,27,29)/t24-/m0/s1. The largest absolute Gasteiger partial charge is 0.494 e. The van der Waals surface area contributed by atoms with Crippen LogP contribution in [0, 0.1) is 0 Å². The number of hydrogen-bond acceptors (Lipinski definition) is 4. The molecule has 164 valence electrons. The number of ether oxygens (including phenoxy) is 2. The zero-order valence-electron chi connectivity index (χ0n) is 18.2. The lowest BCUT2D eigenvalue weighted by molar-refractivity contribution is -0.120. The molecule has 1 N–H and O–H groups in total. The van der Waals surface area contributed by atoms with E-state index in [2.05, 4.69) is 5.32 Å². The van der Waals surface area contributed by atoms with Crippen molar-refractivity contribution in [2.45, 2.75) is 26.4 Å².